The summed E-state index contributed by atoms with van der Waals surface area (Å²) in [5.41, 5.74) is 0.711. The Morgan fingerprint density at radius 2 is 1.83 bits per heavy atom. The molecule has 0 radical (unpaired) electrons. The van der Waals surface area contributed by atoms with E-state index in [1.54, 1.807) is 11.3 Å². The number of nitrogens with one attached hydrogen (secondary N) is 1. The van der Waals surface area contributed by atoms with Crippen molar-refractivity contribution in [3.8, 4) is 0 Å². The summed E-state index contributed by atoms with van der Waals surface area (Å²) in [6.07, 6.45) is 1.35. The minimum absolute atomic E-state index is 0.000678. The molecule has 1 aromatic carbocycles. The van der Waals surface area contributed by atoms with Gasteiger partial charge in [-0.25, -0.2) is 0 Å². The number of thiophene rings is 1. The number of hydrogen-bond acceptors (Lipinski definition) is 4. The zero-order valence-corrected chi connectivity index (χ0v) is 15.0. The molecule has 24 heavy (non-hydrogen) atoms. The van der Waals surface area contributed by atoms with Gasteiger partial charge in [-0.05, 0) is 32.0 Å². The van der Waals surface area contributed by atoms with Gasteiger partial charge in [0.25, 0.3) is 0 Å². The van der Waals surface area contributed by atoms with Crippen LogP contribution in [0.1, 0.15) is 40.5 Å². The van der Waals surface area contributed by atoms with E-state index in [9.17, 15) is 9.59 Å². The lowest BCUT2D eigenvalue weighted by molar-refractivity contribution is -0.121. The maximum Gasteiger partial charge on any atom is 0.220 e. The average molecular weight is 344 g/mol. The molecule has 2 aromatic rings. The topological polar surface area (TPSA) is 49.4 Å². The van der Waals surface area contributed by atoms with Crippen molar-refractivity contribution in [3.05, 3.63) is 58.3 Å². The van der Waals surface area contributed by atoms with Gasteiger partial charge in [-0.15, -0.1) is 11.3 Å². The van der Waals surface area contributed by atoms with Crippen molar-refractivity contribution in [3.63, 3.8) is 0 Å². The molecule has 1 unspecified atom stereocenters. The fourth-order valence-corrected chi connectivity index (χ4v) is 3.42. The van der Waals surface area contributed by atoms with Crippen molar-refractivity contribution in [2.75, 3.05) is 20.6 Å². The molecule has 1 amide bonds. The van der Waals surface area contributed by atoms with E-state index in [0.29, 0.717) is 31.4 Å². The SMILES string of the molecule is CN(C)C(CNC(=O)CCCC(=O)c1ccccc1)c1cccs1. The Kier molecular flexibility index (Phi) is 7.15. The van der Waals surface area contributed by atoms with Crippen LogP contribution in [-0.2, 0) is 4.79 Å². The van der Waals surface area contributed by atoms with Gasteiger partial charge >= 0.3 is 0 Å². The first-order chi connectivity index (χ1) is 11.6. The Labute approximate surface area is 147 Å². The van der Waals surface area contributed by atoms with Gasteiger partial charge in [0.2, 0.25) is 5.91 Å². The van der Waals surface area contributed by atoms with Crippen molar-refractivity contribution >= 4 is 23.0 Å². The molecular formula is C19H24N2O2S. The van der Waals surface area contributed by atoms with Gasteiger partial charge in [-0.2, -0.15) is 0 Å². The fourth-order valence-electron chi connectivity index (χ4n) is 2.50. The molecule has 4 nitrogen and oxygen atoms in total. The van der Waals surface area contributed by atoms with E-state index in [0.717, 1.165) is 0 Å². The number of hydrogen-bond donors (Lipinski definition) is 1. The van der Waals surface area contributed by atoms with E-state index in [-0.39, 0.29) is 17.7 Å². The summed E-state index contributed by atoms with van der Waals surface area (Å²) in [5, 5.41) is 5.03. The number of benzene rings is 1. The van der Waals surface area contributed by atoms with Crippen molar-refractivity contribution in [1.82, 2.24) is 10.2 Å². The Morgan fingerprint density at radius 3 is 2.46 bits per heavy atom. The van der Waals surface area contributed by atoms with Crippen LogP contribution in [0.4, 0.5) is 0 Å². The lowest BCUT2D eigenvalue weighted by Gasteiger charge is -2.23. The van der Waals surface area contributed by atoms with Gasteiger partial charge in [0.05, 0.1) is 6.04 Å². The van der Waals surface area contributed by atoms with Crippen LogP contribution in [0.3, 0.4) is 0 Å². The number of ketones is 1. The lowest BCUT2D eigenvalue weighted by Crippen LogP contribution is -2.34. The first-order valence-electron chi connectivity index (χ1n) is 8.12. The molecule has 1 aromatic heterocycles. The Morgan fingerprint density at radius 1 is 1.08 bits per heavy atom. The molecule has 2 rings (SSSR count). The summed E-state index contributed by atoms with van der Waals surface area (Å²) >= 11 is 1.69. The molecule has 0 saturated heterocycles. The second-order valence-electron chi connectivity index (χ2n) is 5.94. The molecule has 0 spiro atoms. The monoisotopic (exact) mass is 344 g/mol. The molecule has 1 heterocycles. The van der Waals surface area contributed by atoms with Gasteiger partial charge < -0.3 is 10.2 Å². The number of carbonyl (C=O) groups excluding carboxylic acids is 2. The van der Waals surface area contributed by atoms with Crippen molar-refractivity contribution < 1.29 is 9.59 Å². The molecule has 0 saturated carbocycles. The predicted octanol–water partition coefficient (Wildman–Crippen LogP) is 3.52. The van der Waals surface area contributed by atoms with Crippen LogP contribution in [0.15, 0.2) is 47.8 Å². The van der Waals surface area contributed by atoms with Crippen LogP contribution in [-0.4, -0.2) is 37.2 Å². The van der Waals surface area contributed by atoms with E-state index in [2.05, 4.69) is 16.3 Å². The minimum Gasteiger partial charge on any atom is -0.354 e. The number of nitrogens with zero attached hydrogens (tertiary/aromatic N) is 1. The summed E-state index contributed by atoms with van der Waals surface area (Å²) in [7, 11) is 4.02. The molecule has 0 aliphatic rings. The van der Waals surface area contributed by atoms with Gasteiger partial charge in [-0.1, -0.05) is 36.4 Å². The molecule has 0 fully saturated rings. The molecular weight excluding hydrogens is 320 g/mol. The van der Waals surface area contributed by atoms with Crippen molar-refractivity contribution in [2.45, 2.75) is 25.3 Å². The molecule has 0 aliphatic heterocycles. The van der Waals surface area contributed by atoms with E-state index >= 15 is 0 Å². The third-order valence-corrected chi connectivity index (χ3v) is 4.86. The van der Waals surface area contributed by atoms with Crippen LogP contribution in [0.2, 0.25) is 0 Å². The second-order valence-corrected chi connectivity index (χ2v) is 6.92. The van der Waals surface area contributed by atoms with Crippen molar-refractivity contribution in [2.24, 2.45) is 0 Å². The summed E-state index contributed by atoms with van der Waals surface area (Å²) in [6.45, 7) is 0.582. The maximum atomic E-state index is 12.0. The van der Waals surface area contributed by atoms with Crippen LogP contribution in [0.25, 0.3) is 0 Å². The predicted molar refractivity (Wildman–Crippen MR) is 98.4 cm³/mol. The van der Waals surface area contributed by atoms with E-state index in [1.165, 1.54) is 4.88 Å². The first kappa shape index (κ1) is 18.4. The number of Topliss-reactive ketones (excluding diaryl/α,β-unsaturated/α-hetero) is 1. The third-order valence-electron chi connectivity index (χ3n) is 3.89. The molecule has 0 bridgehead atoms. The number of amides is 1. The number of carbonyl (C=O) groups is 2. The van der Waals surface area contributed by atoms with Gasteiger partial charge in [0.15, 0.2) is 5.78 Å². The van der Waals surface area contributed by atoms with E-state index < -0.39 is 0 Å². The molecule has 1 N–H and O–H groups in total. The zero-order chi connectivity index (χ0) is 17.4. The molecule has 1 atom stereocenters. The summed E-state index contributed by atoms with van der Waals surface area (Å²) in [4.78, 5) is 27.4. The average Bonchev–Trinajstić information content (AvgIpc) is 3.09. The summed E-state index contributed by atoms with van der Waals surface area (Å²) in [5.74, 6) is 0.0902. The largest absolute Gasteiger partial charge is 0.354 e. The van der Waals surface area contributed by atoms with Gasteiger partial charge in [0, 0.05) is 29.8 Å². The lowest BCUT2D eigenvalue weighted by atomic mass is 10.1. The maximum absolute atomic E-state index is 12.0. The van der Waals surface area contributed by atoms with Crippen LogP contribution < -0.4 is 5.32 Å². The molecule has 128 valence electrons. The van der Waals surface area contributed by atoms with Gasteiger partial charge in [0.1, 0.15) is 0 Å². The van der Waals surface area contributed by atoms with Gasteiger partial charge in [-0.3, -0.25) is 9.59 Å². The summed E-state index contributed by atoms with van der Waals surface area (Å²) in [6, 6.07) is 13.5. The van der Waals surface area contributed by atoms with Crippen LogP contribution in [0.5, 0.6) is 0 Å². The highest BCUT2D eigenvalue weighted by molar-refractivity contribution is 7.10. The minimum atomic E-state index is -0.000678. The third kappa shape index (κ3) is 5.58. The fraction of sp³-hybridized carbons (Fsp3) is 0.368. The Balaban J connectivity index is 1.72. The highest BCUT2D eigenvalue weighted by Crippen LogP contribution is 2.22. The highest BCUT2D eigenvalue weighted by Gasteiger charge is 2.16. The Bertz CT molecular complexity index is 639. The van der Waals surface area contributed by atoms with Crippen LogP contribution in [0, 0.1) is 0 Å². The normalized spacial score (nSPS) is 12.1. The molecule has 0 aliphatic carbocycles. The van der Waals surface area contributed by atoms with E-state index in [1.807, 2.05) is 55.9 Å². The number of rotatable bonds is 9. The Hall–Kier alpha value is -1.98. The van der Waals surface area contributed by atoms with E-state index in [4.69, 9.17) is 0 Å². The highest BCUT2D eigenvalue weighted by atomic mass is 32.1. The summed E-state index contributed by atoms with van der Waals surface area (Å²) < 4.78 is 0. The quantitative estimate of drug-likeness (QED) is 0.708. The smallest absolute Gasteiger partial charge is 0.220 e. The standard InChI is InChI=1S/C19H24N2O2S/c1-21(2)16(18-11-7-13-24-18)14-20-19(23)12-6-10-17(22)15-8-4-3-5-9-15/h3-5,7-9,11,13,16H,6,10,12,14H2,1-2H3,(H,20,23). The zero-order valence-electron chi connectivity index (χ0n) is 14.2. The first-order valence-corrected chi connectivity index (χ1v) is 9.00. The molecule has 5 heteroatoms. The van der Waals surface area contributed by atoms with Crippen molar-refractivity contribution in [1.29, 1.82) is 0 Å². The number of likely N-dealkylation sites (N-methyl/N-ethyl adjacent to an activating group) is 1. The van der Waals surface area contributed by atoms with Crippen LogP contribution >= 0.6 is 11.3 Å². The second kappa shape index (κ2) is 9.35.